The summed E-state index contributed by atoms with van der Waals surface area (Å²) in [6, 6.07) is 4.99. The fourth-order valence-electron chi connectivity index (χ4n) is 3.02. The number of halogens is 1. The maximum atomic E-state index is 13.9. The Morgan fingerprint density at radius 2 is 2.21 bits per heavy atom. The summed E-state index contributed by atoms with van der Waals surface area (Å²) in [6.07, 6.45) is 2.34. The SMILES string of the molecule is CC(c1ccc(O)cc1F)N1CCCC1CN(C)C. The van der Waals surface area contributed by atoms with Gasteiger partial charge in [0.15, 0.2) is 0 Å². The van der Waals surface area contributed by atoms with E-state index in [1.54, 1.807) is 12.1 Å². The Kier molecular flexibility index (Phi) is 4.42. The Hall–Kier alpha value is -1.13. The molecule has 0 bridgehead atoms. The van der Waals surface area contributed by atoms with Crippen LogP contribution < -0.4 is 0 Å². The van der Waals surface area contributed by atoms with Gasteiger partial charge in [-0.25, -0.2) is 4.39 Å². The van der Waals surface area contributed by atoms with E-state index in [0.29, 0.717) is 11.6 Å². The van der Waals surface area contributed by atoms with Crippen molar-refractivity contribution in [3.63, 3.8) is 0 Å². The van der Waals surface area contributed by atoms with Crippen LogP contribution in [0.3, 0.4) is 0 Å². The number of rotatable bonds is 4. The summed E-state index contributed by atoms with van der Waals surface area (Å²) >= 11 is 0. The molecule has 0 saturated carbocycles. The average molecular weight is 266 g/mol. The highest BCUT2D eigenvalue weighted by Crippen LogP contribution is 2.31. The zero-order chi connectivity index (χ0) is 14.0. The van der Waals surface area contributed by atoms with E-state index in [4.69, 9.17) is 0 Å². The molecule has 2 rings (SSSR count). The molecular weight excluding hydrogens is 243 g/mol. The molecule has 1 saturated heterocycles. The molecule has 2 atom stereocenters. The first-order chi connectivity index (χ1) is 8.99. The summed E-state index contributed by atoms with van der Waals surface area (Å²) < 4.78 is 13.9. The lowest BCUT2D eigenvalue weighted by Crippen LogP contribution is -2.39. The predicted molar refractivity (Wildman–Crippen MR) is 74.8 cm³/mol. The molecular formula is C15H23FN2O. The van der Waals surface area contributed by atoms with Gasteiger partial charge in [0.1, 0.15) is 11.6 Å². The minimum Gasteiger partial charge on any atom is -0.508 e. The molecule has 1 N–H and O–H groups in total. The number of benzene rings is 1. The minimum atomic E-state index is -0.317. The molecule has 1 fully saturated rings. The van der Waals surface area contributed by atoms with Crippen molar-refractivity contribution in [3.8, 4) is 5.75 Å². The van der Waals surface area contributed by atoms with Crippen LogP contribution in [0.25, 0.3) is 0 Å². The number of nitrogens with zero attached hydrogens (tertiary/aromatic N) is 2. The number of hydrogen-bond donors (Lipinski definition) is 1. The monoisotopic (exact) mass is 266 g/mol. The third-order valence-electron chi connectivity index (χ3n) is 3.93. The summed E-state index contributed by atoms with van der Waals surface area (Å²) in [5.74, 6) is -0.331. The molecule has 0 aliphatic carbocycles. The molecule has 1 heterocycles. The van der Waals surface area contributed by atoms with Crippen molar-refractivity contribution in [2.75, 3.05) is 27.2 Å². The van der Waals surface area contributed by atoms with Gasteiger partial charge in [-0.3, -0.25) is 4.90 Å². The van der Waals surface area contributed by atoms with Crippen LogP contribution in [0.4, 0.5) is 4.39 Å². The molecule has 19 heavy (non-hydrogen) atoms. The van der Waals surface area contributed by atoms with Gasteiger partial charge in [0.2, 0.25) is 0 Å². The van der Waals surface area contributed by atoms with E-state index in [2.05, 4.69) is 23.9 Å². The van der Waals surface area contributed by atoms with Gasteiger partial charge in [0, 0.05) is 30.3 Å². The van der Waals surface area contributed by atoms with Crippen molar-refractivity contribution in [1.82, 2.24) is 9.80 Å². The van der Waals surface area contributed by atoms with Gasteiger partial charge >= 0.3 is 0 Å². The highest BCUT2D eigenvalue weighted by atomic mass is 19.1. The topological polar surface area (TPSA) is 26.7 Å². The van der Waals surface area contributed by atoms with E-state index >= 15 is 0 Å². The van der Waals surface area contributed by atoms with Crippen LogP contribution in [-0.4, -0.2) is 48.1 Å². The second-order valence-corrected chi connectivity index (χ2v) is 5.68. The second-order valence-electron chi connectivity index (χ2n) is 5.68. The highest BCUT2D eigenvalue weighted by Gasteiger charge is 2.30. The average Bonchev–Trinajstić information content (AvgIpc) is 2.75. The summed E-state index contributed by atoms with van der Waals surface area (Å²) in [7, 11) is 4.14. The van der Waals surface area contributed by atoms with Crippen LogP contribution in [0.2, 0.25) is 0 Å². The summed E-state index contributed by atoms with van der Waals surface area (Å²) in [4.78, 5) is 4.55. The van der Waals surface area contributed by atoms with Gasteiger partial charge in [-0.1, -0.05) is 6.07 Å². The lowest BCUT2D eigenvalue weighted by Gasteiger charge is -2.32. The molecule has 0 spiro atoms. The maximum absolute atomic E-state index is 13.9. The van der Waals surface area contributed by atoms with Crippen molar-refractivity contribution in [3.05, 3.63) is 29.6 Å². The first-order valence-electron chi connectivity index (χ1n) is 6.88. The summed E-state index contributed by atoms with van der Waals surface area (Å²) in [5.41, 5.74) is 0.670. The lowest BCUT2D eigenvalue weighted by molar-refractivity contribution is 0.159. The fraction of sp³-hybridized carbons (Fsp3) is 0.600. The number of hydrogen-bond acceptors (Lipinski definition) is 3. The number of phenols is 1. The Morgan fingerprint density at radius 3 is 2.84 bits per heavy atom. The van der Waals surface area contributed by atoms with Crippen LogP contribution in [0.15, 0.2) is 18.2 Å². The Bertz CT molecular complexity index is 436. The first kappa shape index (κ1) is 14.3. The van der Waals surface area contributed by atoms with Gasteiger partial charge in [0.05, 0.1) is 0 Å². The number of likely N-dealkylation sites (tertiary alicyclic amines) is 1. The van der Waals surface area contributed by atoms with Crippen LogP contribution in [-0.2, 0) is 0 Å². The lowest BCUT2D eigenvalue weighted by atomic mass is 10.0. The van der Waals surface area contributed by atoms with E-state index in [-0.39, 0.29) is 17.6 Å². The zero-order valence-corrected chi connectivity index (χ0v) is 11.9. The second kappa shape index (κ2) is 5.88. The van der Waals surface area contributed by atoms with E-state index in [1.165, 1.54) is 18.9 Å². The van der Waals surface area contributed by atoms with Crippen molar-refractivity contribution in [2.24, 2.45) is 0 Å². The largest absolute Gasteiger partial charge is 0.508 e. The normalized spacial score (nSPS) is 22.1. The first-order valence-corrected chi connectivity index (χ1v) is 6.88. The zero-order valence-electron chi connectivity index (χ0n) is 11.9. The summed E-state index contributed by atoms with van der Waals surface area (Å²) in [5, 5.41) is 9.30. The van der Waals surface area contributed by atoms with E-state index in [1.807, 2.05) is 6.92 Å². The number of likely N-dealkylation sites (N-methyl/N-ethyl adjacent to an activating group) is 1. The molecule has 1 aromatic carbocycles. The molecule has 1 aliphatic heterocycles. The van der Waals surface area contributed by atoms with Crippen molar-refractivity contribution in [1.29, 1.82) is 0 Å². The molecule has 2 unspecified atom stereocenters. The quantitative estimate of drug-likeness (QED) is 0.907. The highest BCUT2D eigenvalue weighted by molar-refractivity contribution is 5.29. The van der Waals surface area contributed by atoms with E-state index in [9.17, 15) is 9.50 Å². The standard InChI is InChI=1S/C15H23FN2O/c1-11(14-7-6-13(19)9-15(14)16)18-8-4-5-12(18)10-17(2)3/h6-7,9,11-12,19H,4-5,8,10H2,1-3H3. The number of phenolic OH excluding ortho intramolecular Hbond substituents is 1. The molecule has 0 amide bonds. The van der Waals surface area contributed by atoms with Gasteiger partial charge in [-0.05, 0) is 46.5 Å². The van der Waals surface area contributed by atoms with Crippen molar-refractivity contribution in [2.45, 2.75) is 31.8 Å². The smallest absolute Gasteiger partial charge is 0.131 e. The molecule has 0 radical (unpaired) electrons. The van der Waals surface area contributed by atoms with Gasteiger partial charge in [-0.2, -0.15) is 0 Å². The van der Waals surface area contributed by atoms with Gasteiger partial charge in [-0.15, -0.1) is 0 Å². The molecule has 4 heteroatoms. The van der Waals surface area contributed by atoms with E-state index < -0.39 is 0 Å². The Morgan fingerprint density at radius 1 is 1.47 bits per heavy atom. The van der Waals surface area contributed by atoms with Crippen LogP contribution in [0.1, 0.15) is 31.4 Å². The van der Waals surface area contributed by atoms with Gasteiger partial charge in [0.25, 0.3) is 0 Å². The molecule has 0 aromatic heterocycles. The minimum absolute atomic E-state index is 0.0142. The van der Waals surface area contributed by atoms with Crippen LogP contribution in [0, 0.1) is 5.82 Å². The van der Waals surface area contributed by atoms with Gasteiger partial charge < -0.3 is 10.0 Å². The van der Waals surface area contributed by atoms with E-state index in [0.717, 1.165) is 13.1 Å². The van der Waals surface area contributed by atoms with Crippen LogP contribution in [0.5, 0.6) is 5.75 Å². The number of aromatic hydroxyl groups is 1. The maximum Gasteiger partial charge on any atom is 0.131 e. The summed E-state index contributed by atoms with van der Waals surface area (Å²) in [6.45, 7) is 4.06. The molecule has 1 aromatic rings. The molecule has 106 valence electrons. The Balaban J connectivity index is 2.15. The Labute approximate surface area is 114 Å². The third-order valence-corrected chi connectivity index (χ3v) is 3.93. The van der Waals surface area contributed by atoms with Crippen molar-refractivity contribution >= 4 is 0 Å². The molecule has 3 nitrogen and oxygen atoms in total. The molecule has 1 aliphatic rings. The predicted octanol–water partition coefficient (Wildman–Crippen LogP) is 2.62. The van der Waals surface area contributed by atoms with Crippen molar-refractivity contribution < 1.29 is 9.50 Å². The third kappa shape index (κ3) is 3.25. The van der Waals surface area contributed by atoms with Crippen LogP contribution >= 0.6 is 0 Å². The fourth-order valence-corrected chi connectivity index (χ4v) is 3.02.